The number of aromatic hydroxyl groups is 4. The van der Waals surface area contributed by atoms with Crippen molar-refractivity contribution in [2.45, 2.75) is 38.0 Å². The summed E-state index contributed by atoms with van der Waals surface area (Å²) < 4.78 is 0. The number of phenolic OH excluding ortho intramolecular Hbond substituents is 4. The molecule has 1 unspecified atom stereocenters. The van der Waals surface area contributed by atoms with Crippen molar-refractivity contribution in [3.63, 3.8) is 0 Å². The summed E-state index contributed by atoms with van der Waals surface area (Å²) in [5.74, 6) is -1.01. The minimum absolute atomic E-state index is 0.0960. The van der Waals surface area contributed by atoms with Crippen LogP contribution in [-0.4, -0.2) is 26.2 Å². The van der Waals surface area contributed by atoms with Gasteiger partial charge in [0.25, 0.3) is 0 Å². The van der Waals surface area contributed by atoms with Crippen LogP contribution in [0.2, 0.25) is 0 Å². The van der Waals surface area contributed by atoms with E-state index in [1.807, 2.05) is 13.8 Å². The summed E-state index contributed by atoms with van der Waals surface area (Å²) in [7, 11) is 0. The summed E-state index contributed by atoms with van der Waals surface area (Å²) in [4.78, 5) is 12.5. The molecule has 0 aromatic heterocycles. The Morgan fingerprint density at radius 2 is 1.67 bits per heavy atom. The number of hydrogen-bond donors (Lipinski definition) is 4. The summed E-state index contributed by atoms with van der Waals surface area (Å²) in [6.07, 6.45) is 0.784. The van der Waals surface area contributed by atoms with Crippen molar-refractivity contribution in [2.75, 3.05) is 0 Å². The van der Waals surface area contributed by atoms with Gasteiger partial charge in [-0.25, -0.2) is 0 Å². The number of carbonyl (C=O) groups is 1. The van der Waals surface area contributed by atoms with E-state index in [1.165, 1.54) is 24.3 Å². The normalized spacial score (nSPS) is 19.6. The van der Waals surface area contributed by atoms with Crippen LogP contribution in [0.25, 0.3) is 0 Å². The van der Waals surface area contributed by atoms with Gasteiger partial charge in [0.1, 0.15) is 11.5 Å². The molecule has 0 heterocycles. The second kappa shape index (κ2) is 5.44. The van der Waals surface area contributed by atoms with E-state index in [9.17, 15) is 25.2 Å². The molecule has 0 radical (unpaired) electrons. The van der Waals surface area contributed by atoms with Gasteiger partial charge in [-0.15, -0.1) is 0 Å². The van der Waals surface area contributed by atoms with Gasteiger partial charge >= 0.3 is 0 Å². The van der Waals surface area contributed by atoms with Crippen LogP contribution in [0, 0.1) is 0 Å². The van der Waals surface area contributed by atoms with Crippen molar-refractivity contribution in [2.24, 2.45) is 0 Å². The fourth-order valence-electron chi connectivity index (χ4n) is 3.70. The van der Waals surface area contributed by atoms with Crippen molar-refractivity contribution in [1.82, 2.24) is 0 Å². The van der Waals surface area contributed by atoms with Crippen molar-refractivity contribution in [1.29, 1.82) is 0 Å². The molecule has 0 bridgehead atoms. The van der Waals surface area contributed by atoms with Gasteiger partial charge in [-0.05, 0) is 47.1 Å². The minimum atomic E-state index is -0.568. The van der Waals surface area contributed by atoms with Gasteiger partial charge in [0.05, 0.1) is 5.56 Å². The number of rotatable bonds is 1. The molecule has 5 nitrogen and oxygen atoms in total. The Labute approximate surface area is 139 Å². The molecule has 4 N–H and O–H groups in total. The SMILES string of the molecule is CC1(C)c2cc(O)cc(O)c2C(=O)CCC1c1ccc(O)c(O)c1. The molecule has 1 aliphatic carbocycles. The van der Waals surface area contributed by atoms with E-state index >= 15 is 0 Å². The maximum Gasteiger partial charge on any atom is 0.166 e. The van der Waals surface area contributed by atoms with Crippen molar-refractivity contribution < 1.29 is 25.2 Å². The van der Waals surface area contributed by atoms with Crippen LogP contribution in [0.5, 0.6) is 23.0 Å². The zero-order chi connectivity index (χ0) is 17.6. The quantitative estimate of drug-likeness (QED) is 0.474. The van der Waals surface area contributed by atoms with E-state index in [0.717, 1.165) is 5.56 Å². The van der Waals surface area contributed by atoms with Crippen LogP contribution < -0.4 is 0 Å². The lowest BCUT2D eigenvalue weighted by atomic mass is 9.69. The largest absolute Gasteiger partial charge is 0.508 e. The van der Waals surface area contributed by atoms with E-state index in [-0.39, 0.29) is 46.7 Å². The van der Waals surface area contributed by atoms with Crippen LogP contribution in [0.4, 0.5) is 0 Å². The molecule has 3 rings (SSSR count). The molecule has 2 aromatic carbocycles. The van der Waals surface area contributed by atoms with Crippen LogP contribution in [-0.2, 0) is 5.41 Å². The predicted octanol–water partition coefficient (Wildman–Crippen LogP) is 3.55. The molecule has 2 aromatic rings. The number of carbonyl (C=O) groups excluding carboxylic acids is 1. The van der Waals surface area contributed by atoms with Crippen molar-refractivity contribution in [3.8, 4) is 23.0 Å². The summed E-state index contributed by atoms with van der Waals surface area (Å²) >= 11 is 0. The van der Waals surface area contributed by atoms with Crippen molar-refractivity contribution >= 4 is 5.78 Å². The first-order chi connectivity index (χ1) is 11.2. The van der Waals surface area contributed by atoms with Gasteiger partial charge in [-0.1, -0.05) is 19.9 Å². The lowest BCUT2D eigenvalue weighted by Gasteiger charge is -2.35. The first-order valence-electron chi connectivity index (χ1n) is 7.83. The van der Waals surface area contributed by atoms with E-state index in [1.54, 1.807) is 6.07 Å². The summed E-state index contributed by atoms with van der Waals surface area (Å²) in [5, 5.41) is 39.4. The Hall–Kier alpha value is -2.69. The van der Waals surface area contributed by atoms with Crippen LogP contribution in [0.3, 0.4) is 0 Å². The molecular formula is C19H20O5. The molecule has 5 heteroatoms. The third-order valence-corrected chi connectivity index (χ3v) is 5.01. The topological polar surface area (TPSA) is 98.0 Å². The highest BCUT2D eigenvalue weighted by Crippen LogP contribution is 2.49. The van der Waals surface area contributed by atoms with Gasteiger partial charge < -0.3 is 20.4 Å². The van der Waals surface area contributed by atoms with Crippen LogP contribution in [0.15, 0.2) is 30.3 Å². The number of fused-ring (bicyclic) bond motifs is 1. The molecule has 24 heavy (non-hydrogen) atoms. The second-order valence-corrected chi connectivity index (χ2v) is 6.87. The highest BCUT2D eigenvalue weighted by atomic mass is 16.3. The van der Waals surface area contributed by atoms with E-state index in [0.29, 0.717) is 12.0 Å². The third kappa shape index (κ3) is 2.46. The number of phenols is 4. The lowest BCUT2D eigenvalue weighted by molar-refractivity contribution is 0.0978. The number of Topliss-reactive ketones (excluding diaryl/α,β-unsaturated/α-hetero) is 1. The molecule has 0 saturated carbocycles. The molecule has 0 spiro atoms. The molecule has 0 amide bonds. The predicted molar refractivity (Wildman–Crippen MR) is 88.9 cm³/mol. The molecular weight excluding hydrogens is 308 g/mol. The summed E-state index contributed by atoms with van der Waals surface area (Å²) in [5.41, 5.74) is 1.06. The Kier molecular flexibility index (Phi) is 3.67. The molecule has 0 aliphatic heterocycles. The third-order valence-electron chi connectivity index (χ3n) is 5.01. The number of ketones is 1. The van der Waals surface area contributed by atoms with E-state index in [4.69, 9.17) is 0 Å². The maximum absolute atomic E-state index is 12.5. The highest BCUT2D eigenvalue weighted by molar-refractivity contribution is 6.01. The fourth-order valence-corrected chi connectivity index (χ4v) is 3.70. The van der Waals surface area contributed by atoms with E-state index in [2.05, 4.69) is 0 Å². The summed E-state index contributed by atoms with van der Waals surface area (Å²) in [6, 6.07) is 7.35. The molecule has 1 atom stereocenters. The van der Waals surface area contributed by atoms with Crippen molar-refractivity contribution in [3.05, 3.63) is 47.0 Å². The Balaban J connectivity index is 2.20. The van der Waals surface area contributed by atoms with Gasteiger partial charge in [-0.3, -0.25) is 4.79 Å². The monoisotopic (exact) mass is 328 g/mol. The summed E-state index contributed by atoms with van der Waals surface area (Å²) in [6.45, 7) is 3.88. The highest BCUT2D eigenvalue weighted by Gasteiger charge is 2.40. The first kappa shape index (κ1) is 16.2. The zero-order valence-electron chi connectivity index (χ0n) is 13.6. The molecule has 0 fully saturated rings. The van der Waals surface area contributed by atoms with Gasteiger partial charge in [-0.2, -0.15) is 0 Å². The van der Waals surface area contributed by atoms with E-state index < -0.39 is 5.41 Å². The van der Waals surface area contributed by atoms with Gasteiger partial charge in [0.2, 0.25) is 0 Å². The molecule has 1 aliphatic rings. The zero-order valence-corrected chi connectivity index (χ0v) is 13.6. The first-order valence-corrected chi connectivity index (χ1v) is 7.83. The Morgan fingerprint density at radius 1 is 0.958 bits per heavy atom. The second-order valence-electron chi connectivity index (χ2n) is 6.87. The Bertz CT molecular complexity index is 823. The van der Waals surface area contributed by atoms with Crippen LogP contribution >= 0.6 is 0 Å². The maximum atomic E-state index is 12.5. The van der Waals surface area contributed by atoms with Crippen LogP contribution in [0.1, 0.15) is 54.1 Å². The van der Waals surface area contributed by atoms with Gasteiger partial charge in [0, 0.05) is 12.5 Å². The smallest absolute Gasteiger partial charge is 0.166 e. The fraction of sp³-hybridized carbons (Fsp3) is 0.316. The standard InChI is InChI=1S/C19H20O5/c1-19(2)12(10-3-5-14(21)16(23)7-10)4-6-15(22)18-13(19)8-11(20)9-17(18)24/h3,5,7-9,12,20-21,23-24H,4,6H2,1-2H3. The average Bonchev–Trinajstić information content (AvgIpc) is 2.58. The lowest BCUT2D eigenvalue weighted by Crippen LogP contribution is -2.27. The minimum Gasteiger partial charge on any atom is -0.508 e. The Morgan fingerprint density at radius 3 is 2.33 bits per heavy atom. The number of benzene rings is 2. The number of hydrogen-bond acceptors (Lipinski definition) is 5. The van der Waals surface area contributed by atoms with Gasteiger partial charge in [0.15, 0.2) is 17.3 Å². The molecule has 0 saturated heterocycles. The average molecular weight is 328 g/mol. The molecule has 126 valence electrons.